The van der Waals surface area contributed by atoms with Crippen molar-refractivity contribution in [2.75, 3.05) is 5.73 Å². The lowest BCUT2D eigenvalue weighted by Gasteiger charge is -2.01. The summed E-state index contributed by atoms with van der Waals surface area (Å²) in [4.78, 5) is 9.15. The average Bonchev–Trinajstić information content (AvgIpc) is 3.01. The standard InChI is InChI=1S/C11H7BrN4OS/c12-7-3-1-2-6(9(7)13)11-15-10(16-17-11)8-4-14-5-18-8/h1-5H,13H2. The fraction of sp³-hybridized carbons (Fsp3) is 0. The predicted molar refractivity (Wildman–Crippen MR) is 73.0 cm³/mol. The molecular formula is C11H7BrN4OS. The number of nitrogens with zero attached hydrogens (tertiary/aromatic N) is 3. The smallest absolute Gasteiger partial charge is 0.260 e. The van der Waals surface area contributed by atoms with Crippen LogP contribution in [0.25, 0.3) is 22.2 Å². The number of nitrogens with two attached hydrogens (primary N) is 1. The molecule has 2 heterocycles. The molecule has 0 bridgehead atoms. The Kier molecular flexibility index (Phi) is 2.85. The van der Waals surface area contributed by atoms with Gasteiger partial charge in [0, 0.05) is 10.7 Å². The van der Waals surface area contributed by atoms with E-state index in [2.05, 4.69) is 31.1 Å². The summed E-state index contributed by atoms with van der Waals surface area (Å²) in [7, 11) is 0. The van der Waals surface area contributed by atoms with Crippen LogP contribution in [0, 0.1) is 0 Å². The summed E-state index contributed by atoms with van der Waals surface area (Å²) in [6.45, 7) is 0. The van der Waals surface area contributed by atoms with Gasteiger partial charge in [0.05, 0.1) is 21.6 Å². The molecule has 0 saturated heterocycles. The second-order valence-corrected chi connectivity index (χ2v) is 5.23. The van der Waals surface area contributed by atoms with Gasteiger partial charge >= 0.3 is 0 Å². The molecule has 90 valence electrons. The van der Waals surface area contributed by atoms with Gasteiger partial charge in [-0.05, 0) is 28.1 Å². The number of hydrogen-bond donors (Lipinski definition) is 1. The molecule has 0 aliphatic rings. The van der Waals surface area contributed by atoms with Crippen LogP contribution in [-0.4, -0.2) is 15.1 Å². The number of aromatic nitrogens is 3. The maximum Gasteiger partial charge on any atom is 0.260 e. The molecule has 0 amide bonds. The molecule has 18 heavy (non-hydrogen) atoms. The van der Waals surface area contributed by atoms with Crippen molar-refractivity contribution in [1.29, 1.82) is 0 Å². The zero-order valence-electron chi connectivity index (χ0n) is 9.00. The molecule has 3 aromatic rings. The van der Waals surface area contributed by atoms with Crippen molar-refractivity contribution >= 4 is 33.0 Å². The third-order valence-electron chi connectivity index (χ3n) is 2.36. The molecule has 1 aromatic carbocycles. The molecule has 7 heteroatoms. The Morgan fingerprint density at radius 3 is 3.00 bits per heavy atom. The van der Waals surface area contributed by atoms with Gasteiger partial charge in [0.25, 0.3) is 5.89 Å². The van der Waals surface area contributed by atoms with Crippen LogP contribution < -0.4 is 5.73 Å². The Labute approximate surface area is 115 Å². The van der Waals surface area contributed by atoms with Crippen molar-refractivity contribution in [1.82, 2.24) is 15.1 Å². The molecule has 2 aromatic heterocycles. The Morgan fingerprint density at radius 2 is 2.22 bits per heavy atom. The third-order valence-corrected chi connectivity index (χ3v) is 3.82. The summed E-state index contributed by atoms with van der Waals surface area (Å²) in [5.74, 6) is 0.920. The number of anilines is 1. The van der Waals surface area contributed by atoms with Crippen molar-refractivity contribution in [3.8, 4) is 22.2 Å². The molecule has 0 fully saturated rings. The quantitative estimate of drug-likeness (QED) is 0.733. The normalized spacial score (nSPS) is 10.7. The maximum absolute atomic E-state index is 5.96. The third kappa shape index (κ3) is 1.91. The van der Waals surface area contributed by atoms with Crippen LogP contribution in [0.1, 0.15) is 0 Å². The molecule has 0 aliphatic carbocycles. The summed E-state index contributed by atoms with van der Waals surface area (Å²) in [6, 6.07) is 5.57. The van der Waals surface area contributed by atoms with Crippen molar-refractivity contribution < 1.29 is 4.52 Å². The van der Waals surface area contributed by atoms with Crippen LogP contribution >= 0.6 is 27.3 Å². The lowest BCUT2D eigenvalue weighted by Crippen LogP contribution is -1.91. The van der Waals surface area contributed by atoms with E-state index < -0.39 is 0 Å². The zero-order valence-corrected chi connectivity index (χ0v) is 11.4. The van der Waals surface area contributed by atoms with Crippen molar-refractivity contribution in [3.05, 3.63) is 34.4 Å². The molecule has 0 atom stereocenters. The SMILES string of the molecule is Nc1c(Br)cccc1-c1nc(-c2cncs2)no1. The Morgan fingerprint density at radius 1 is 1.33 bits per heavy atom. The highest BCUT2D eigenvalue weighted by Crippen LogP contribution is 2.32. The van der Waals surface area contributed by atoms with Gasteiger partial charge in [-0.2, -0.15) is 4.98 Å². The minimum absolute atomic E-state index is 0.400. The largest absolute Gasteiger partial charge is 0.397 e. The van der Waals surface area contributed by atoms with Crippen molar-refractivity contribution in [3.63, 3.8) is 0 Å². The second kappa shape index (κ2) is 4.51. The van der Waals surface area contributed by atoms with E-state index in [0.717, 1.165) is 9.35 Å². The number of benzene rings is 1. The zero-order chi connectivity index (χ0) is 12.5. The second-order valence-electron chi connectivity index (χ2n) is 3.49. The van der Waals surface area contributed by atoms with Gasteiger partial charge in [-0.15, -0.1) is 11.3 Å². The molecule has 0 radical (unpaired) electrons. The number of para-hydroxylation sites is 1. The molecule has 2 N–H and O–H groups in total. The molecule has 5 nitrogen and oxygen atoms in total. The minimum Gasteiger partial charge on any atom is -0.397 e. The number of halogens is 1. The molecule has 0 saturated carbocycles. The number of nitrogen functional groups attached to an aromatic ring is 1. The highest BCUT2D eigenvalue weighted by Gasteiger charge is 2.14. The van der Waals surface area contributed by atoms with Gasteiger partial charge in [0.2, 0.25) is 5.82 Å². The van der Waals surface area contributed by atoms with Crippen LogP contribution in [0.2, 0.25) is 0 Å². The van der Waals surface area contributed by atoms with E-state index in [0.29, 0.717) is 23.0 Å². The Hall–Kier alpha value is -1.73. The van der Waals surface area contributed by atoms with Gasteiger partial charge in [0.1, 0.15) is 0 Å². The Bertz CT molecular complexity index is 680. The lowest BCUT2D eigenvalue weighted by atomic mass is 10.2. The van der Waals surface area contributed by atoms with E-state index in [9.17, 15) is 0 Å². The van der Waals surface area contributed by atoms with E-state index in [-0.39, 0.29) is 0 Å². The fourth-order valence-electron chi connectivity index (χ4n) is 1.48. The van der Waals surface area contributed by atoms with Gasteiger partial charge in [-0.1, -0.05) is 11.2 Å². The van der Waals surface area contributed by atoms with Crippen LogP contribution in [0.15, 0.2) is 38.9 Å². The van der Waals surface area contributed by atoms with Gasteiger partial charge < -0.3 is 10.3 Å². The first-order valence-electron chi connectivity index (χ1n) is 5.02. The van der Waals surface area contributed by atoms with Crippen LogP contribution in [0.5, 0.6) is 0 Å². The summed E-state index contributed by atoms with van der Waals surface area (Å²) >= 11 is 4.82. The monoisotopic (exact) mass is 322 g/mol. The first-order chi connectivity index (χ1) is 8.75. The number of thiazole rings is 1. The molecule has 0 aliphatic heterocycles. The summed E-state index contributed by atoms with van der Waals surface area (Å²) in [5.41, 5.74) is 8.98. The summed E-state index contributed by atoms with van der Waals surface area (Å²) in [5, 5.41) is 3.92. The van der Waals surface area contributed by atoms with Gasteiger partial charge in [0.15, 0.2) is 0 Å². The average molecular weight is 323 g/mol. The first kappa shape index (κ1) is 11.4. The van der Waals surface area contributed by atoms with E-state index in [1.807, 2.05) is 18.2 Å². The van der Waals surface area contributed by atoms with E-state index in [1.165, 1.54) is 11.3 Å². The van der Waals surface area contributed by atoms with Crippen LogP contribution in [0.3, 0.4) is 0 Å². The number of hydrogen-bond acceptors (Lipinski definition) is 6. The minimum atomic E-state index is 0.400. The van der Waals surface area contributed by atoms with Crippen LogP contribution in [-0.2, 0) is 0 Å². The van der Waals surface area contributed by atoms with Crippen molar-refractivity contribution in [2.24, 2.45) is 0 Å². The van der Waals surface area contributed by atoms with E-state index in [1.54, 1.807) is 11.7 Å². The van der Waals surface area contributed by atoms with Gasteiger partial charge in [-0.25, -0.2) is 0 Å². The maximum atomic E-state index is 5.96. The Balaban J connectivity index is 2.06. The topological polar surface area (TPSA) is 77.8 Å². The predicted octanol–water partition coefficient (Wildman–Crippen LogP) is 3.20. The highest BCUT2D eigenvalue weighted by atomic mass is 79.9. The van der Waals surface area contributed by atoms with Crippen LogP contribution in [0.4, 0.5) is 5.69 Å². The fourth-order valence-corrected chi connectivity index (χ4v) is 2.39. The summed E-state index contributed by atoms with van der Waals surface area (Å²) in [6.07, 6.45) is 1.70. The number of rotatable bonds is 2. The van der Waals surface area contributed by atoms with Crippen molar-refractivity contribution in [2.45, 2.75) is 0 Å². The molecule has 3 rings (SSSR count). The van der Waals surface area contributed by atoms with E-state index >= 15 is 0 Å². The lowest BCUT2D eigenvalue weighted by molar-refractivity contribution is 0.432. The molecule has 0 unspecified atom stereocenters. The highest BCUT2D eigenvalue weighted by molar-refractivity contribution is 9.10. The van der Waals surface area contributed by atoms with E-state index in [4.69, 9.17) is 10.3 Å². The molecule has 0 spiro atoms. The summed E-state index contributed by atoms with van der Waals surface area (Å²) < 4.78 is 6.03. The molecular weight excluding hydrogens is 316 g/mol. The van der Waals surface area contributed by atoms with Gasteiger partial charge in [-0.3, -0.25) is 4.98 Å². The first-order valence-corrected chi connectivity index (χ1v) is 6.70.